The predicted molar refractivity (Wildman–Crippen MR) is 121 cm³/mol. The third kappa shape index (κ3) is 5.24. The Bertz CT molecular complexity index is 750. The van der Waals surface area contributed by atoms with E-state index in [1.54, 1.807) is 0 Å². The summed E-state index contributed by atoms with van der Waals surface area (Å²) in [6, 6.07) is 9.11. The minimum atomic E-state index is 0. The SMILES string of the molecule is CCNC(=NCc1c(CC)noc1CC)NC1CC1c1ccccc1C.I. The van der Waals surface area contributed by atoms with E-state index in [0.717, 1.165) is 48.8 Å². The molecule has 1 aromatic carbocycles. The van der Waals surface area contributed by atoms with Crippen molar-refractivity contribution in [2.24, 2.45) is 4.99 Å². The molecular formula is C21H31IN4O. The molecular weight excluding hydrogens is 451 g/mol. The molecule has 1 aliphatic rings. The number of hydrogen-bond acceptors (Lipinski definition) is 3. The fourth-order valence-electron chi connectivity index (χ4n) is 3.47. The summed E-state index contributed by atoms with van der Waals surface area (Å²) in [6.07, 6.45) is 2.87. The molecule has 0 saturated heterocycles. The van der Waals surface area contributed by atoms with Crippen LogP contribution >= 0.6 is 24.0 Å². The van der Waals surface area contributed by atoms with Crippen LogP contribution in [0.15, 0.2) is 33.8 Å². The van der Waals surface area contributed by atoms with Gasteiger partial charge < -0.3 is 15.2 Å². The monoisotopic (exact) mass is 482 g/mol. The molecule has 1 saturated carbocycles. The van der Waals surface area contributed by atoms with E-state index >= 15 is 0 Å². The highest BCUT2D eigenvalue weighted by Gasteiger charge is 2.39. The largest absolute Gasteiger partial charge is 0.361 e. The van der Waals surface area contributed by atoms with E-state index in [-0.39, 0.29) is 24.0 Å². The summed E-state index contributed by atoms with van der Waals surface area (Å²) in [7, 11) is 0. The first kappa shape index (κ1) is 21.7. The molecule has 0 spiro atoms. The topological polar surface area (TPSA) is 62.5 Å². The van der Waals surface area contributed by atoms with Gasteiger partial charge in [0.15, 0.2) is 5.96 Å². The smallest absolute Gasteiger partial charge is 0.191 e. The van der Waals surface area contributed by atoms with Gasteiger partial charge in [0.05, 0.1) is 12.2 Å². The molecule has 2 N–H and O–H groups in total. The molecule has 1 heterocycles. The molecule has 0 bridgehead atoms. The van der Waals surface area contributed by atoms with Crippen molar-refractivity contribution >= 4 is 29.9 Å². The molecule has 2 unspecified atom stereocenters. The number of aryl methyl sites for hydroxylation is 3. The maximum atomic E-state index is 5.45. The Morgan fingerprint density at radius 2 is 2.00 bits per heavy atom. The Morgan fingerprint density at radius 1 is 1.22 bits per heavy atom. The van der Waals surface area contributed by atoms with Crippen LogP contribution in [0.4, 0.5) is 0 Å². The highest BCUT2D eigenvalue weighted by Crippen LogP contribution is 2.42. The van der Waals surface area contributed by atoms with Crippen molar-refractivity contribution in [1.82, 2.24) is 15.8 Å². The van der Waals surface area contributed by atoms with Gasteiger partial charge in [0.25, 0.3) is 0 Å². The maximum Gasteiger partial charge on any atom is 0.191 e. The zero-order valence-electron chi connectivity index (χ0n) is 16.7. The molecule has 5 nitrogen and oxygen atoms in total. The highest BCUT2D eigenvalue weighted by molar-refractivity contribution is 14.0. The molecule has 3 rings (SSSR count). The Kier molecular flexibility index (Phi) is 8.13. The lowest BCUT2D eigenvalue weighted by atomic mass is 10.0. The lowest BCUT2D eigenvalue weighted by molar-refractivity contribution is 0.380. The summed E-state index contributed by atoms with van der Waals surface area (Å²) in [6.45, 7) is 9.93. The van der Waals surface area contributed by atoms with Gasteiger partial charge in [-0.1, -0.05) is 43.3 Å². The van der Waals surface area contributed by atoms with E-state index in [1.807, 2.05) is 0 Å². The zero-order chi connectivity index (χ0) is 18.5. The number of guanidine groups is 1. The van der Waals surface area contributed by atoms with Crippen molar-refractivity contribution in [2.45, 2.75) is 65.5 Å². The lowest BCUT2D eigenvalue weighted by Gasteiger charge is -2.12. The summed E-state index contributed by atoms with van der Waals surface area (Å²) in [5, 5.41) is 11.1. The van der Waals surface area contributed by atoms with Gasteiger partial charge in [-0.05, 0) is 37.8 Å². The van der Waals surface area contributed by atoms with E-state index < -0.39 is 0 Å². The van der Waals surface area contributed by atoms with Crippen LogP contribution < -0.4 is 10.6 Å². The van der Waals surface area contributed by atoms with Crippen LogP contribution in [-0.2, 0) is 19.4 Å². The van der Waals surface area contributed by atoms with Crippen molar-refractivity contribution < 1.29 is 4.52 Å². The third-order valence-corrected chi connectivity index (χ3v) is 5.05. The molecule has 1 fully saturated rings. The molecule has 2 aromatic rings. The second-order valence-corrected chi connectivity index (χ2v) is 6.88. The molecule has 1 aliphatic carbocycles. The normalized spacial score (nSPS) is 18.7. The maximum absolute atomic E-state index is 5.45. The van der Waals surface area contributed by atoms with Gasteiger partial charge in [0.1, 0.15) is 5.76 Å². The first-order valence-corrected chi connectivity index (χ1v) is 9.74. The van der Waals surface area contributed by atoms with Gasteiger partial charge >= 0.3 is 0 Å². The van der Waals surface area contributed by atoms with Crippen molar-refractivity contribution in [3.63, 3.8) is 0 Å². The summed E-state index contributed by atoms with van der Waals surface area (Å²) in [4.78, 5) is 4.80. The molecule has 1 aromatic heterocycles. The van der Waals surface area contributed by atoms with Crippen molar-refractivity contribution in [3.05, 3.63) is 52.4 Å². The Morgan fingerprint density at radius 3 is 2.67 bits per heavy atom. The first-order chi connectivity index (χ1) is 12.7. The van der Waals surface area contributed by atoms with Crippen LogP contribution in [0.1, 0.15) is 61.3 Å². The lowest BCUT2D eigenvalue weighted by Crippen LogP contribution is -2.39. The van der Waals surface area contributed by atoms with Crippen LogP contribution in [-0.4, -0.2) is 23.7 Å². The average molecular weight is 482 g/mol. The molecule has 148 valence electrons. The van der Waals surface area contributed by atoms with E-state index in [0.29, 0.717) is 18.5 Å². The van der Waals surface area contributed by atoms with Crippen molar-refractivity contribution in [2.75, 3.05) is 6.54 Å². The number of rotatable bonds is 7. The van der Waals surface area contributed by atoms with Gasteiger partial charge in [0, 0.05) is 30.5 Å². The fourth-order valence-corrected chi connectivity index (χ4v) is 3.47. The van der Waals surface area contributed by atoms with Crippen LogP contribution in [0.25, 0.3) is 0 Å². The van der Waals surface area contributed by atoms with E-state index in [4.69, 9.17) is 9.52 Å². The second kappa shape index (κ2) is 10.1. The fraction of sp³-hybridized carbons (Fsp3) is 0.524. The van der Waals surface area contributed by atoms with Gasteiger partial charge in [-0.15, -0.1) is 24.0 Å². The Labute approximate surface area is 179 Å². The predicted octanol–water partition coefficient (Wildman–Crippen LogP) is 4.34. The number of benzene rings is 1. The van der Waals surface area contributed by atoms with Gasteiger partial charge in [-0.2, -0.15) is 0 Å². The first-order valence-electron chi connectivity index (χ1n) is 9.74. The van der Waals surface area contributed by atoms with Gasteiger partial charge in [-0.25, -0.2) is 4.99 Å². The second-order valence-electron chi connectivity index (χ2n) is 6.88. The third-order valence-electron chi connectivity index (χ3n) is 5.05. The van der Waals surface area contributed by atoms with Crippen molar-refractivity contribution in [3.8, 4) is 0 Å². The van der Waals surface area contributed by atoms with Crippen LogP contribution in [0.3, 0.4) is 0 Å². The molecule has 0 aliphatic heterocycles. The van der Waals surface area contributed by atoms with E-state index in [9.17, 15) is 0 Å². The standard InChI is InChI=1S/C21H30N4O.HI/c1-5-18-17(20(6-2)26-25-18)13-23-21(22-7-3)24-19-12-16(19)15-11-9-8-10-14(15)4;/h8-11,16,19H,5-7,12-13H2,1-4H3,(H2,22,23,24);1H. The number of aliphatic imine (C=N–C) groups is 1. The van der Waals surface area contributed by atoms with Crippen LogP contribution in [0.5, 0.6) is 0 Å². The summed E-state index contributed by atoms with van der Waals surface area (Å²) < 4.78 is 5.45. The van der Waals surface area contributed by atoms with Crippen LogP contribution in [0, 0.1) is 6.92 Å². The number of aromatic nitrogens is 1. The molecule has 6 heteroatoms. The molecule has 27 heavy (non-hydrogen) atoms. The number of nitrogens with zero attached hydrogens (tertiary/aromatic N) is 2. The molecule has 2 atom stereocenters. The molecule has 0 amide bonds. The number of halogens is 1. The minimum absolute atomic E-state index is 0. The summed E-state index contributed by atoms with van der Waals surface area (Å²) >= 11 is 0. The Balaban J connectivity index is 0.00000261. The minimum Gasteiger partial charge on any atom is -0.361 e. The van der Waals surface area contributed by atoms with Gasteiger partial charge in [0.2, 0.25) is 0 Å². The highest BCUT2D eigenvalue weighted by atomic mass is 127. The van der Waals surface area contributed by atoms with E-state index in [2.05, 4.69) is 67.8 Å². The Hall–Kier alpha value is -1.57. The number of hydrogen-bond donors (Lipinski definition) is 2. The van der Waals surface area contributed by atoms with Gasteiger partial charge in [-0.3, -0.25) is 0 Å². The molecule has 0 radical (unpaired) electrons. The quantitative estimate of drug-likeness (QED) is 0.350. The average Bonchev–Trinajstić information content (AvgIpc) is 3.28. The van der Waals surface area contributed by atoms with Crippen molar-refractivity contribution in [1.29, 1.82) is 0 Å². The van der Waals surface area contributed by atoms with E-state index in [1.165, 1.54) is 11.1 Å². The summed E-state index contributed by atoms with van der Waals surface area (Å²) in [5.41, 5.74) is 4.97. The summed E-state index contributed by atoms with van der Waals surface area (Å²) in [5.74, 6) is 2.40. The van der Waals surface area contributed by atoms with Crippen LogP contribution in [0.2, 0.25) is 0 Å². The number of nitrogens with one attached hydrogen (secondary N) is 2. The zero-order valence-corrected chi connectivity index (χ0v) is 19.0.